The minimum absolute atomic E-state index is 0.325. The van der Waals surface area contributed by atoms with Crippen LogP contribution in [0.5, 0.6) is 5.75 Å². The van der Waals surface area contributed by atoms with Crippen molar-refractivity contribution in [3.05, 3.63) is 40.9 Å². The molecule has 4 N–H and O–H groups in total. The fraction of sp³-hybridized carbons (Fsp3) is 0.400. The maximum Gasteiger partial charge on any atom is 0.184 e. The van der Waals surface area contributed by atoms with Crippen LogP contribution in [0.3, 0.4) is 0 Å². The molecule has 23 heavy (non-hydrogen) atoms. The van der Waals surface area contributed by atoms with Gasteiger partial charge in [-0.3, -0.25) is 4.57 Å². The van der Waals surface area contributed by atoms with Crippen LogP contribution < -0.4 is 4.74 Å². The number of hydrogen-bond donors (Lipinski definition) is 4. The summed E-state index contributed by atoms with van der Waals surface area (Å²) < 4.78 is 8.73. The molecular formula is C15H20N2O5S. The van der Waals surface area contributed by atoms with Gasteiger partial charge in [0, 0.05) is 18.9 Å². The van der Waals surface area contributed by atoms with Crippen molar-refractivity contribution in [1.82, 2.24) is 9.13 Å². The Labute approximate surface area is 138 Å². The molecule has 8 heteroatoms. The molecule has 0 saturated heterocycles. The van der Waals surface area contributed by atoms with Crippen LogP contribution in [0.4, 0.5) is 0 Å². The molecule has 3 atom stereocenters. The first-order valence-electron chi connectivity index (χ1n) is 6.98. The Morgan fingerprint density at radius 2 is 1.78 bits per heavy atom. The summed E-state index contributed by atoms with van der Waals surface area (Å²) in [4.78, 5) is 0. The van der Waals surface area contributed by atoms with Gasteiger partial charge in [0.2, 0.25) is 0 Å². The number of aliphatic hydroxyl groups is 4. The van der Waals surface area contributed by atoms with Gasteiger partial charge in [0.05, 0.1) is 19.4 Å². The van der Waals surface area contributed by atoms with Crippen LogP contribution in [0.15, 0.2) is 30.5 Å². The van der Waals surface area contributed by atoms with E-state index >= 15 is 0 Å². The number of benzene rings is 1. The van der Waals surface area contributed by atoms with E-state index in [-0.39, 0.29) is 0 Å². The molecule has 2 aromatic rings. The summed E-state index contributed by atoms with van der Waals surface area (Å²) in [7, 11) is 3.23. The molecule has 0 radical (unpaired) electrons. The zero-order valence-electron chi connectivity index (χ0n) is 12.8. The zero-order valence-corrected chi connectivity index (χ0v) is 13.6. The van der Waals surface area contributed by atoms with Crippen molar-refractivity contribution in [3.8, 4) is 11.4 Å². The zero-order chi connectivity index (χ0) is 17.1. The predicted molar refractivity (Wildman–Crippen MR) is 86.2 cm³/mol. The summed E-state index contributed by atoms with van der Waals surface area (Å²) in [5.74, 6) is 0.706. The van der Waals surface area contributed by atoms with Gasteiger partial charge in [0.1, 0.15) is 24.1 Å². The molecule has 1 aromatic heterocycles. The van der Waals surface area contributed by atoms with Crippen LogP contribution in [0, 0.1) is 4.77 Å². The third-order valence-electron chi connectivity index (χ3n) is 3.70. The number of ether oxygens (including phenoxy) is 1. The van der Waals surface area contributed by atoms with E-state index in [2.05, 4.69) is 0 Å². The third-order valence-corrected chi connectivity index (χ3v) is 4.17. The minimum atomic E-state index is -1.52. The van der Waals surface area contributed by atoms with E-state index in [4.69, 9.17) is 22.1 Å². The Kier molecular flexibility index (Phi) is 5.55. The van der Waals surface area contributed by atoms with Gasteiger partial charge >= 0.3 is 0 Å². The van der Waals surface area contributed by atoms with E-state index in [1.54, 1.807) is 37.1 Å². The second-order valence-corrected chi connectivity index (χ2v) is 5.51. The highest BCUT2D eigenvalue weighted by molar-refractivity contribution is 7.71. The van der Waals surface area contributed by atoms with E-state index < -0.39 is 24.9 Å². The Morgan fingerprint density at radius 3 is 2.30 bits per heavy atom. The first-order chi connectivity index (χ1) is 10.9. The van der Waals surface area contributed by atoms with Crippen molar-refractivity contribution in [2.45, 2.75) is 18.3 Å². The summed E-state index contributed by atoms with van der Waals surface area (Å²) in [5, 5.41) is 38.5. The van der Waals surface area contributed by atoms with Crippen LogP contribution in [-0.2, 0) is 7.05 Å². The lowest BCUT2D eigenvalue weighted by molar-refractivity contribution is -0.0797. The molecule has 0 bridgehead atoms. The molecule has 0 fully saturated rings. The Bertz CT molecular complexity index is 710. The molecule has 2 rings (SSSR count). The highest BCUT2D eigenvalue weighted by Crippen LogP contribution is 2.23. The number of hydrogen-bond acceptors (Lipinski definition) is 6. The van der Waals surface area contributed by atoms with Crippen LogP contribution in [-0.4, -0.2) is 55.5 Å². The van der Waals surface area contributed by atoms with Crippen molar-refractivity contribution in [2.75, 3.05) is 13.7 Å². The standard InChI is InChI=1S/C15H20N2O5S/c1-16-11(13(20)14(21)12(19)8-18)7-17(15(16)23)9-3-5-10(22-2)6-4-9/h3-7,12-14,18-21H,8H2,1-2H3/t12-,13-,14-/m1/s1. The van der Waals surface area contributed by atoms with Gasteiger partial charge in [-0.05, 0) is 36.5 Å². The highest BCUT2D eigenvalue weighted by atomic mass is 32.1. The monoisotopic (exact) mass is 340 g/mol. The molecule has 0 spiro atoms. The molecule has 0 saturated carbocycles. The van der Waals surface area contributed by atoms with Gasteiger partial charge in [-0.15, -0.1) is 0 Å². The van der Waals surface area contributed by atoms with Crippen molar-refractivity contribution >= 4 is 12.2 Å². The lowest BCUT2D eigenvalue weighted by Gasteiger charge is -2.21. The SMILES string of the molecule is COc1ccc(-n2cc([C@@H](O)[C@H](O)[C@H](O)CO)n(C)c2=S)cc1. The first-order valence-corrected chi connectivity index (χ1v) is 7.39. The molecule has 0 amide bonds. The van der Waals surface area contributed by atoms with E-state index in [9.17, 15) is 15.3 Å². The van der Waals surface area contributed by atoms with Crippen LogP contribution >= 0.6 is 12.2 Å². The largest absolute Gasteiger partial charge is 0.497 e. The molecule has 1 heterocycles. The molecule has 126 valence electrons. The van der Waals surface area contributed by atoms with Gasteiger partial charge in [-0.1, -0.05) is 0 Å². The van der Waals surface area contributed by atoms with Crippen molar-refractivity contribution < 1.29 is 25.2 Å². The van der Waals surface area contributed by atoms with Crippen LogP contribution in [0.25, 0.3) is 5.69 Å². The Balaban J connectivity index is 2.39. The van der Waals surface area contributed by atoms with Crippen molar-refractivity contribution in [1.29, 1.82) is 0 Å². The highest BCUT2D eigenvalue weighted by Gasteiger charge is 2.28. The number of aromatic nitrogens is 2. The molecular weight excluding hydrogens is 320 g/mol. The summed E-state index contributed by atoms with van der Waals surface area (Å²) in [6.07, 6.45) is -2.76. The molecule has 0 aliphatic carbocycles. The van der Waals surface area contributed by atoms with Crippen molar-refractivity contribution in [2.24, 2.45) is 7.05 Å². The third kappa shape index (κ3) is 3.46. The van der Waals surface area contributed by atoms with E-state index in [0.29, 0.717) is 16.2 Å². The maximum absolute atomic E-state index is 10.2. The lowest BCUT2D eigenvalue weighted by atomic mass is 10.1. The van der Waals surface area contributed by atoms with E-state index in [1.165, 1.54) is 4.57 Å². The maximum atomic E-state index is 10.2. The van der Waals surface area contributed by atoms with Gasteiger partial charge in [0.15, 0.2) is 4.77 Å². The first kappa shape index (κ1) is 17.6. The molecule has 0 aliphatic rings. The van der Waals surface area contributed by atoms with Crippen LogP contribution in [0.2, 0.25) is 0 Å². The van der Waals surface area contributed by atoms with Crippen LogP contribution in [0.1, 0.15) is 11.8 Å². The minimum Gasteiger partial charge on any atom is -0.497 e. The Hall–Kier alpha value is -1.71. The second-order valence-electron chi connectivity index (χ2n) is 5.15. The summed E-state index contributed by atoms with van der Waals surface area (Å²) >= 11 is 5.35. The van der Waals surface area contributed by atoms with Crippen molar-refractivity contribution in [3.63, 3.8) is 0 Å². The molecule has 1 aromatic carbocycles. The quantitative estimate of drug-likeness (QED) is 0.565. The lowest BCUT2D eigenvalue weighted by Crippen LogP contribution is -2.35. The average Bonchev–Trinajstić information content (AvgIpc) is 2.88. The molecule has 0 unspecified atom stereocenters. The summed E-state index contributed by atoms with van der Waals surface area (Å²) in [6.45, 7) is -0.651. The van der Waals surface area contributed by atoms with Gasteiger partial charge in [-0.25, -0.2) is 0 Å². The number of rotatable bonds is 6. The summed E-state index contributed by atoms with van der Waals surface area (Å²) in [5.41, 5.74) is 1.09. The second kappa shape index (κ2) is 7.24. The van der Waals surface area contributed by atoms with E-state index in [1.807, 2.05) is 12.1 Å². The topological polar surface area (TPSA) is 100 Å². The molecule has 7 nitrogen and oxygen atoms in total. The number of imidazole rings is 1. The van der Waals surface area contributed by atoms with Gasteiger partial charge in [0.25, 0.3) is 0 Å². The number of nitrogens with zero attached hydrogens (tertiary/aromatic N) is 2. The fourth-order valence-electron chi connectivity index (χ4n) is 2.24. The molecule has 0 aliphatic heterocycles. The van der Waals surface area contributed by atoms with Gasteiger partial charge < -0.3 is 29.7 Å². The van der Waals surface area contributed by atoms with E-state index in [0.717, 1.165) is 5.69 Å². The predicted octanol–water partition coefficient (Wildman–Crippen LogP) is 0.301. The number of aliphatic hydroxyl groups excluding tert-OH is 4. The fourth-order valence-corrected chi connectivity index (χ4v) is 2.51. The Morgan fingerprint density at radius 1 is 1.17 bits per heavy atom. The average molecular weight is 340 g/mol. The normalized spacial score (nSPS) is 15.2. The number of methoxy groups -OCH3 is 1. The summed E-state index contributed by atoms with van der Waals surface area (Å²) in [6, 6.07) is 7.18. The smallest absolute Gasteiger partial charge is 0.184 e. The van der Waals surface area contributed by atoms with Gasteiger partial charge in [-0.2, -0.15) is 0 Å².